The molecule has 0 aliphatic heterocycles. The van der Waals surface area contributed by atoms with E-state index in [-0.39, 0.29) is 0 Å². The molecule has 1 heterocycles. The van der Waals surface area contributed by atoms with Crippen molar-refractivity contribution < 1.29 is 9.90 Å². The fraction of sp³-hybridized carbons (Fsp3) is 0.417. The number of rotatable bonds is 5. The minimum Gasteiger partial charge on any atom is -0.478 e. The van der Waals surface area contributed by atoms with Crippen LogP contribution in [0.15, 0.2) is 17.5 Å². The average molecular weight is 237 g/mol. The molecule has 3 nitrogen and oxygen atoms in total. The van der Waals surface area contributed by atoms with Crippen LogP contribution in [0.4, 0.5) is 0 Å². The molecule has 0 radical (unpaired) electrons. The highest BCUT2D eigenvalue weighted by Crippen LogP contribution is 2.29. The molecule has 0 spiro atoms. The normalized spacial score (nSPS) is 16.1. The van der Waals surface area contributed by atoms with Gasteiger partial charge in [0.15, 0.2) is 0 Å². The molecule has 16 heavy (non-hydrogen) atoms. The summed E-state index contributed by atoms with van der Waals surface area (Å²) in [6.45, 7) is 0.918. The first-order valence-electron chi connectivity index (χ1n) is 5.34. The van der Waals surface area contributed by atoms with E-state index in [4.69, 9.17) is 5.11 Å². The summed E-state index contributed by atoms with van der Waals surface area (Å²) in [6.07, 6.45) is 5.46. The number of aliphatic carboxylic acids is 1. The van der Waals surface area contributed by atoms with Crippen LogP contribution in [-0.4, -0.2) is 29.1 Å². The van der Waals surface area contributed by atoms with Crippen LogP contribution in [0.1, 0.15) is 23.3 Å². The van der Waals surface area contributed by atoms with E-state index in [9.17, 15) is 4.79 Å². The first-order valence-corrected chi connectivity index (χ1v) is 6.22. The van der Waals surface area contributed by atoms with Crippen LogP contribution in [0, 0.1) is 0 Å². The van der Waals surface area contributed by atoms with E-state index < -0.39 is 5.97 Å². The minimum atomic E-state index is -0.896. The molecule has 86 valence electrons. The maximum Gasteiger partial charge on any atom is 0.328 e. The summed E-state index contributed by atoms with van der Waals surface area (Å²) in [5, 5.41) is 10.6. The fourth-order valence-electron chi connectivity index (χ4n) is 1.66. The average Bonchev–Trinajstić information content (AvgIpc) is 2.99. The van der Waals surface area contributed by atoms with Crippen LogP contribution in [0.25, 0.3) is 6.08 Å². The molecule has 0 atom stereocenters. The molecule has 1 aromatic heterocycles. The van der Waals surface area contributed by atoms with E-state index in [1.165, 1.54) is 23.8 Å². The lowest BCUT2D eigenvalue weighted by atomic mass is 10.2. The van der Waals surface area contributed by atoms with Gasteiger partial charge >= 0.3 is 5.97 Å². The standard InChI is InChI=1S/C12H15NO2S/c1-13(10-3-4-10)8-11-9(6-7-16-11)2-5-12(14)15/h2,5-7,10H,3-4,8H2,1H3,(H,14,15). The fourth-order valence-corrected chi connectivity index (χ4v) is 2.59. The van der Waals surface area contributed by atoms with Crippen LogP contribution in [0.5, 0.6) is 0 Å². The lowest BCUT2D eigenvalue weighted by molar-refractivity contribution is -0.131. The quantitative estimate of drug-likeness (QED) is 0.800. The number of nitrogens with zero attached hydrogens (tertiary/aromatic N) is 1. The molecule has 0 unspecified atom stereocenters. The van der Waals surface area contributed by atoms with E-state index in [1.54, 1.807) is 17.4 Å². The molecule has 0 bridgehead atoms. The molecule has 2 rings (SSSR count). The Morgan fingerprint density at radius 1 is 1.69 bits per heavy atom. The van der Waals surface area contributed by atoms with Gasteiger partial charge in [-0.2, -0.15) is 0 Å². The number of carboxylic acids is 1. The SMILES string of the molecule is CN(Cc1sccc1C=CC(=O)O)C1CC1. The minimum absolute atomic E-state index is 0.735. The Kier molecular flexibility index (Phi) is 3.41. The van der Waals surface area contributed by atoms with Gasteiger partial charge in [-0.15, -0.1) is 11.3 Å². The van der Waals surface area contributed by atoms with Gasteiger partial charge < -0.3 is 5.11 Å². The Morgan fingerprint density at radius 3 is 3.06 bits per heavy atom. The molecule has 1 saturated carbocycles. The van der Waals surface area contributed by atoms with Gasteiger partial charge in [0.05, 0.1) is 0 Å². The summed E-state index contributed by atoms with van der Waals surface area (Å²) in [7, 11) is 2.13. The second-order valence-corrected chi connectivity index (χ2v) is 5.12. The van der Waals surface area contributed by atoms with Crippen molar-refractivity contribution in [2.75, 3.05) is 7.05 Å². The largest absolute Gasteiger partial charge is 0.478 e. The lowest BCUT2D eigenvalue weighted by Crippen LogP contribution is -2.19. The Balaban J connectivity index is 2.03. The summed E-state index contributed by atoms with van der Waals surface area (Å²) in [5.41, 5.74) is 1.03. The molecular formula is C12H15NO2S. The number of thiophene rings is 1. The first kappa shape index (κ1) is 11.4. The van der Waals surface area contributed by atoms with Crippen molar-refractivity contribution in [3.05, 3.63) is 28.0 Å². The van der Waals surface area contributed by atoms with Gasteiger partial charge in [-0.3, -0.25) is 4.90 Å². The topological polar surface area (TPSA) is 40.5 Å². The van der Waals surface area contributed by atoms with Crippen LogP contribution >= 0.6 is 11.3 Å². The molecule has 1 aliphatic carbocycles. The van der Waals surface area contributed by atoms with Crippen LogP contribution < -0.4 is 0 Å². The highest BCUT2D eigenvalue weighted by Gasteiger charge is 2.26. The van der Waals surface area contributed by atoms with E-state index >= 15 is 0 Å². The Hall–Kier alpha value is -1.13. The molecule has 1 N–H and O–H groups in total. The summed E-state index contributed by atoms with van der Waals surface area (Å²) >= 11 is 1.69. The smallest absolute Gasteiger partial charge is 0.328 e. The third-order valence-electron chi connectivity index (χ3n) is 2.75. The van der Waals surface area contributed by atoms with Crippen LogP contribution in [-0.2, 0) is 11.3 Å². The summed E-state index contributed by atoms with van der Waals surface area (Å²) in [4.78, 5) is 14.0. The number of carboxylic acid groups (broad SMARTS) is 1. The Labute approximate surface area is 99.0 Å². The highest BCUT2D eigenvalue weighted by atomic mass is 32.1. The van der Waals surface area contributed by atoms with Crippen molar-refractivity contribution in [1.82, 2.24) is 4.90 Å². The summed E-state index contributed by atoms with van der Waals surface area (Å²) < 4.78 is 0. The maximum absolute atomic E-state index is 10.5. The second kappa shape index (κ2) is 4.80. The third kappa shape index (κ3) is 2.93. The van der Waals surface area contributed by atoms with Gasteiger partial charge in [0.25, 0.3) is 0 Å². The van der Waals surface area contributed by atoms with Crippen molar-refractivity contribution in [3.8, 4) is 0 Å². The Morgan fingerprint density at radius 2 is 2.44 bits per heavy atom. The molecule has 1 fully saturated rings. The predicted octanol–water partition coefficient (Wildman–Crippen LogP) is 2.44. The maximum atomic E-state index is 10.5. The number of hydrogen-bond donors (Lipinski definition) is 1. The second-order valence-electron chi connectivity index (χ2n) is 4.12. The van der Waals surface area contributed by atoms with Crippen molar-refractivity contribution in [1.29, 1.82) is 0 Å². The number of hydrogen-bond acceptors (Lipinski definition) is 3. The van der Waals surface area contributed by atoms with Crippen molar-refractivity contribution in [2.24, 2.45) is 0 Å². The van der Waals surface area contributed by atoms with E-state index in [0.717, 1.165) is 18.2 Å². The van der Waals surface area contributed by atoms with Crippen LogP contribution in [0.2, 0.25) is 0 Å². The van der Waals surface area contributed by atoms with E-state index in [0.29, 0.717) is 0 Å². The molecule has 0 amide bonds. The summed E-state index contributed by atoms with van der Waals surface area (Å²) in [5.74, 6) is -0.896. The van der Waals surface area contributed by atoms with Gasteiger partial charge in [-0.1, -0.05) is 0 Å². The lowest BCUT2D eigenvalue weighted by Gasteiger charge is -2.14. The van der Waals surface area contributed by atoms with Gasteiger partial charge in [0.2, 0.25) is 0 Å². The zero-order valence-corrected chi connectivity index (χ0v) is 10.0. The van der Waals surface area contributed by atoms with E-state index in [1.807, 2.05) is 11.4 Å². The molecule has 0 aromatic carbocycles. The zero-order chi connectivity index (χ0) is 11.5. The number of carbonyl (C=O) groups is 1. The van der Waals surface area contributed by atoms with Gasteiger partial charge in [-0.25, -0.2) is 4.79 Å². The van der Waals surface area contributed by atoms with Crippen molar-refractivity contribution >= 4 is 23.4 Å². The first-order chi connectivity index (χ1) is 7.66. The molecule has 4 heteroatoms. The summed E-state index contributed by atoms with van der Waals surface area (Å²) in [6, 6.07) is 2.71. The monoisotopic (exact) mass is 237 g/mol. The molecular weight excluding hydrogens is 222 g/mol. The van der Waals surface area contributed by atoms with Gasteiger partial charge in [-0.05, 0) is 43.0 Å². The van der Waals surface area contributed by atoms with Crippen molar-refractivity contribution in [2.45, 2.75) is 25.4 Å². The Bertz CT molecular complexity index is 407. The predicted molar refractivity (Wildman–Crippen MR) is 65.5 cm³/mol. The zero-order valence-electron chi connectivity index (χ0n) is 9.22. The molecule has 1 aromatic rings. The van der Waals surface area contributed by atoms with E-state index in [2.05, 4.69) is 11.9 Å². The van der Waals surface area contributed by atoms with Crippen LogP contribution in [0.3, 0.4) is 0 Å². The molecule has 0 saturated heterocycles. The third-order valence-corrected chi connectivity index (χ3v) is 3.67. The highest BCUT2D eigenvalue weighted by molar-refractivity contribution is 7.10. The van der Waals surface area contributed by atoms with Gasteiger partial charge in [0, 0.05) is 23.5 Å². The van der Waals surface area contributed by atoms with Crippen molar-refractivity contribution in [3.63, 3.8) is 0 Å². The van der Waals surface area contributed by atoms with Gasteiger partial charge in [0.1, 0.15) is 0 Å². The molecule has 1 aliphatic rings.